The van der Waals surface area contributed by atoms with Crippen molar-refractivity contribution in [2.45, 2.75) is 32.7 Å². The number of aliphatic imine (C=N–C) groups is 1. The smallest absolute Gasteiger partial charge is 0.242 e. The summed E-state index contributed by atoms with van der Waals surface area (Å²) in [7, 11) is 1.68. The van der Waals surface area contributed by atoms with Crippen LogP contribution in [-0.2, 0) is 4.79 Å². The lowest BCUT2D eigenvalue weighted by atomic mass is 9.92. The second-order valence-electron chi connectivity index (χ2n) is 7.76. The highest BCUT2D eigenvalue weighted by molar-refractivity contribution is 9.10. The maximum atomic E-state index is 11.6. The van der Waals surface area contributed by atoms with Crippen LogP contribution in [0.2, 0.25) is 0 Å². The molecule has 7 nitrogen and oxygen atoms in total. The van der Waals surface area contributed by atoms with Crippen molar-refractivity contribution in [1.82, 2.24) is 14.9 Å². The molecule has 166 valence electrons. The molecule has 1 aromatic heterocycles. The number of rotatable bonds is 5. The Kier molecular flexibility index (Phi) is 6.81. The SMILES string of the molecule is CCN1CCC(=NC(C)=O)CC1c1cc2c(Nc3cccc(Br)c3)ncnc2cc1OC. The number of likely N-dealkylation sites (tertiary alicyclic amines) is 1. The number of anilines is 2. The number of nitrogens with zero attached hydrogens (tertiary/aromatic N) is 4. The first-order chi connectivity index (χ1) is 15.5. The molecule has 1 aliphatic heterocycles. The van der Waals surface area contributed by atoms with Crippen LogP contribution in [0.1, 0.15) is 38.3 Å². The molecule has 0 spiro atoms. The van der Waals surface area contributed by atoms with Gasteiger partial charge < -0.3 is 10.1 Å². The van der Waals surface area contributed by atoms with Gasteiger partial charge >= 0.3 is 0 Å². The number of methoxy groups -OCH3 is 1. The van der Waals surface area contributed by atoms with Gasteiger partial charge in [-0.05, 0) is 37.2 Å². The lowest BCUT2D eigenvalue weighted by Gasteiger charge is -2.36. The first-order valence-electron chi connectivity index (χ1n) is 10.6. The zero-order chi connectivity index (χ0) is 22.7. The number of halogens is 1. The highest BCUT2D eigenvalue weighted by Gasteiger charge is 2.29. The molecule has 1 atom stereocenters. The number of hydrogen-bond acceptors (Lipinski definition) is 6. The van der Waals surface area contributed by atoms with Crippen LogP contribution in [0.4, 0.5) is 11.5 Å². The summed E-state index contributed by atoms with van der Waals surface area (Å²) in [6, 6.07) is 12.1. The number of aromatic nitrogens is 2. The molecule has 3 aromatic rings. The van der Waals surface area contributed by atoms with Gasteiger partial charge in [0.15, 0.2) is 0 Å². The zero-order valence-corrected chi connectivity index (χ0v) is 20.0. The summed E-state index contributed by atoms with van der Waals surface area (Å²) in [5.41, 5.74) is 3.71. The second-order valence-corrected chi connectivity index (χ2v) is 8.68. The third kappa shape index (κ3) is 4.81. The Labute approximate surface area is 196 Å². The van der Waals surface area contributed by atoms with Crippen LogP contribution in [0, 0.1) is 0 Å². The summed E-state index contributed by atoms with van der Waals surface area (Å²) in [6.07, 6.45) is 3.05. The summed E-state index contributed by atoms with van der Waals surface area (Å²) < 4.78 is 6.76. The number of ether oxygens (including phenoxy) is 1. The molecule has 1 fully saturated rings. The molecule has 32 heavy (non-hydrogen) atoms. The fourth-order valence-electron chi connectivity index (χ4n) is 4.23. The van der Waals surface area contributed by atoms with E-state index in [1.54, 1.807) is 13.4 Å². The van der Waals surface area contributed by atoms with Crippen molar-refractivity contribution in [2.24, 2.45) is 4.99 Å². The number of carbonyl (C=O) groups is 1. The Hall–Kier alpha value is -2.84. The lowest BCUT2D eigenvalue weighted by molar-refractivity contribution is -0.115. The monoisotopic (exact) mass is 495 g/mol. The van der Waals surface area contributed by atoms with Gasteiger partial charge in [0.1, 0.15) is 17.9 Å². The van der Waals surface area contributed by atoms with Crippen LogP contribution >= 0.6 is 15.9 Å². The molecule has 1 N–H and O–H groups in total. The standard InChI is InChI=1S/C24H26BrN5O2/c1-4-30-9-8-18(28-15(2)31)11-22(30)20-12-19-21(13-23(20)32-3)26-14-27-24(19)29-17-7-5-6-16(25)10-17/h5-7,10,12-14,22H,4,8-9,11H2,1-3H3,(H,26,27,29). The fraction of sp³-hybridized carbons (Fsp3) is 0.333. The minimum absolute atomic E-state index is 0.0603. The number of amides is 1. The third-order valence-corrected chi connectivity index (χ3v) is 6.21. The van der Waals surface area contributed by atoms with E-state index in [9.17, 15) is 4.79 Å². The molecule has 1 aliphatic rings. The van der Waals surface area contributed by atoms with Gasteiger partial charge in [-0.1, -0.05) is 28.9 Å². The average molecular weight is 496 g/mol. The molecule has 8 heteroatoms. The first-order valence-corrected chi connectivity index (χ1v) is 11.4. The molecular weight excluding hydrogens is 470 g/mol. The fourth-order valence-corrected chi connectivity index (χ4v) is 4.63. The van der Waals surface area contributed by atoms with Crippen LogP contribution in [0.5, 0.6) is 5.75 Å². The Morgan fingerprint density at radius 3 is 2.88 bits per heavy atom. The number of hydrogen-bond donors (Lipinski definition) is 1. The Balaban J connectivity index is 1.80. The van der Waals surface area contributed by atoms with E-state index in [-0.39, 0.29) is 11.9 Å². The third-order valence-electron chi connectivity index (χ3n) is 5.71. The minimum Gasteiger partial charge on any atom is -0.496 e. The van der Waals surface area contributed by atoms with E-state index in [2.05, 4.69) is 54.1 Å². The maximum absolute atomic E-state index is 11.6. The second kappa shape index (κ2) is 9.75. The average Bonchev–Trinajstić information content (AvgIpc) is 2.78. The van der Waals surface area contributed by atoms with Crippen LogP contribution < -0.4 is 10.1 Å². The predicted octanol–water partition coefficient (Wildman–Crippen LogP) is 5.29. The van der Waals surface area contributed by atoms with Crippen LogP contribution in [0.3, 0.4) is 0 Å². The van der Waals surface area contributed by atoms with Gasteiger partial charge in [-0.3, -0.25) is 9.69 Å². The normalized spacial score (nSPS) is 18.1. The predicted molar refractivity (Wildman–Crippen MR) is 131 cm³/mol. The van der Waals surface area contributed by atoms with Gasteiger partial charge in [0, 0.05) is 58.8 Å². The quantitative estimate of drug-likeness (QED) is 0.517. The van der Waals surface area contributed by atoms with E-state index in [1.165, 1.54) is 6.92 Å². The van der Waals surface area contributed by atoms with Gasteiger partial charge in [-0.25, -0.2) is 15.0 Å². The highest BCUT2D eigenvalue weighted by atomic mass is 79.9. The zero-order valence-electron chi connectivity index (χ0n) is 18.4. The van der Waals surface area contributed by atoms with Crippen molar-refractivity contribution >= 4 is 50.0 Å². The number of fused-ring (bicyclic) bond motifs is 1. The molecule has 1 amide bonds. The van der Waals surface area contributed by atoms with Crippen molar-refractivity contribution in [2.75, 3.05) is 25.5 Å². The Bertz CT molecular complexity index is 1180. The van der Waals surface area contributed by atoms with Crippen molar-refractivity contribution in [3.63, 3.8) is 0 Å². The molecule has 0 bridgehead atoms. The highest BCUT2D eigenvalue weighted by Crippen LogP contribution is 2.39. The summed E-state index contributed by atoms with van der Waals surface area (Å²) in [5, 5.41) is 4.32. The van der Waals surface area contributed by atoms with Gasteiger partial charge in [-0.15, -0.1) is 0 Å². The molecule has 4 rings (SSSR count). The van der Waals surface area contributed by atoms with E-state index in [0.29, 0.717) is 6.42 Å². The first kappa shape index (κ1) is 22.4. The maximum Gasteiger partial charge on any atom is 0.242 e. The molecule has 0 aliphatic carbocycles. The molecule has 0 radical (unpaired) electrons. The van der Waals surface area contributed by atoms with E-state index >= 15 is 0 Å². The molecule has 2 aromatic carbocycles. The molecule has 1 saturated heterocycles. The van der Waals surface area contributed by atoms with E-state index in [0.717, 1.165) is 63.4 Å². The number of piperidine rings is 1. The van der Waals surface area contributed by atoms with Crippen molar-refractivity contribution in [1.29, 1.82) is 0 Å². The van der Waals surface area contributed by atoms with Gasteiger partial charge in [-0.2, -0.15) is 0 Å². The minimum atomic E-state index is -0.150. The molecule has 2 heterocycles. The van der Waals surface area contributed by atoms with Gasteiger partial charge in [0.25, 0.3) is 0 Å². The largest absolute Gasteiger partial charge is 0.496 e. The summed E-state index contributed by atoms with van der Waals surface area (Å²) in [6.45, 7) is 5.40. The van der Waals surface area contributed by atoms with Gasteiger partial charge in [0.05, 0.1) is 12.6 Å². The summed E-state index contributed by atoms with van der Waals surface area (Å²) in [4.78, 5) is 27.2. The van der Waals surface area contributed by atoms with Crippen LogP contribution in [-0.4, -0.2) is 46.7 Å². The Morgan fingerprint density at radius 1 is 1.31 bits per heavy atom. The van der Waals surface area contributed by atoms with Gasteiger partial charge in [0.2, 0.25) is 5.91 Å². The molecule has 0 saturated carbocycles. The van der Waals surface area contributed by atoms with E-state index in [4.69, 9.17) is 4.74 Å². The summed E-state index contributed by atoms with van der Waals surface area (Å²) in [5.74, 6) is 1.36. The van der Waals surface area contributed by atoms with E-state index in [1.807, 2.05) is 30.3 Å². The van der Waals surface area contributed by atoms with Crippen molar-refractivity contribution < 1.29 is 9.53 Å². The van der Waals surface area contributed by atoms with Crippen molar-refractivity contribution in [3.8, 4) is 5.75 Å². The molecular formula is C24H26BrN5O2. The van der Waals surface area contributed by atoms with Crippen molar-refractivity contribution in [3.05, 3.63) is 52.8 Å². The number of benzene rings is 2. The number of nitrogens with one attached hydrogen (secondary N) is 1. The number of carbonyl (C=O) groups excluding carboxylic acids is 1. The molecule has 1 unspecified atom stereocenters. The lowest BCUT2D eigenvalue weighted by Crippen LogP contribution is -2.37. The van der Waals surface area contributed by atoms with E-state index < -0.39 is 0 Å². The van der Waals surface area contributed by atoms with Crippen LogP contribution in [0.15, 0.2) is 52.2 Å². The van der Waals surface area contributed by atoms with Crippen LogP contribution in [0.25, 0.3) is 10.9 Å². The summed E-state index contributed by atoms with van der Waals surface area (Å²) >= 11 is 3.51. The Morgan fingerprint density at radius 2 is 2.16 bits per heavy atom. The topological polar surface area (TPSA) is 79.7 Å².